The predicted octanol–water partition coefficient (Wildman–Crippen LogP) is 3.83. The first-order valence-corrected chi connectivity index (χ1v) is 9.76. The molecule has 0 spiro atoms. The average Bonchev–Trinajstić information content (AvgIpc) is 3.39. The van der Waals surface area contributed by atoms with Crippen molar-refractivity contribution in [2.45, 2.75) is 19.5 Å². The topological polar surface area (TPSA) is 75.9 Å². The first kappa shape index (κ1) is 20.8. The largest absolute Gasteiger partial charge is 0.393 e. The molecule has 1 aliphatic rings. The van der Waals surface area contributed by atoms with Gasteiger partial charge < -0.3 is 10.2 Å². The van der Waals surface area contributed by atoms with Crippen LogP contribution in [0.3, 0.4) is 0 Å². The molecule has 7 nitrogen and oxygen atoms in total. The van der Waals surface area contributed by atoms with Crippen molar-refractivity contribution in [2.24, 2.45) is 13.0 Å². The second kappa shape index (κ2) is 8.01. The van der Waals surface area contributed by atoms with E-state index in [4.69, 9.17) is 0 Å². The smallest absolute Gasteiger partial charge is 0.370 e. The maximum atomic E-state index is 13.0. The molecule has 162 valence electrons. The van der Waals surface area contributed by atoms with E-state index in [2.05, 4.69) is 20.4 Å². The molecule has 0 aliphatic carbocycles. The van der Waals surface area contributed by atoms with E-state index in [1.165, 1.54) is 6.20 Å². The van der Waals surface area contributed by atoms with Crippen molar-refractivity contribution >= 4 is 17.3 Å². The monoisotopic (exact) mass is 430 g/mol. The van der Waals surface area contributed by atoms with Crippen LogP contribution in [0.2, 0.25) is 0 Å². The highest BCUT2D eigenvalue weighted by molar-refractivity contribution is 6.03. The molecule has 3 aromatic heterocycles. The van der Waals surface area contributed by atoms with Crippen LogP contribution < -0.4 is 10.2 Å². The van der Waals surface area contributed by atoms with Crippen LogP contribution in [0.4, 0.5) is 24.5 Å². The van der Waals surface area contributed by atoms with Gasteiger partial charge in [0.2, 0.25) is 0 Å². The van der Waals surface area contributed by atoms with Crippen molar-refractivity contribution in [1.29, 1.82) is 0 Å². The molecule has 1 aliphatic heterocycles. The molecular weight excluding hydrogens is 409 g/mol. The fraction of sp³-hybridized carbons (Fsp3) is 0.333. The van der Waals surface area contributed by atoms with Gasteiger partial charge in [0, 0.05) is 31.9 Å². The lowest BCUT2D eigenvalue weighted by Crippen LogP contribution is -2.27. The van der Waals surface area contributed by atoms with Gasteiger partial charge in [-0.25, -0.2) is 4.98 Å². The maximum absolute atomic E-state index is 13.0. The normalized spacial score (nSPS) is 16.5. The zero-order valence-electron chi connectivity index (χ0n) is 17.0. The van der Waals surface area contributed by atoms with E-state index in [-0.39, 0.29) is 25.2 Å². The highest BCUT2D eigenvalue weighted by atomic mass is 19.4. The molecule has 0 aromatic carbocycles. The Morgan fingerprint density at radius 3 is 2.74 bits per heavy atom. The Balaban J connectivity index is 1.52. The number of hydrogen-bond donors (Lipinski definition) is 1. The van der Waals surface area contributed by atoms with E-state index in [0.29, 0.717) is 22.8 Å². The molecule has 1 fully saturated rings. The summed E-state index contributed by atoms with van der Waals surface area (Å²) >= 11 is 0. The summed E-state index contributed by atoms with van der Waals surface area (Å²) in [5.74, 6) is -1.78. The molecule has 1 atom stereocenters. The van der Waals surface area contributed by atoms with Gasteiger partial charge >= 0.3 is 6.18 Å². The Morgan fingerprint density at radius 1 is 1.26 bits per heavy atom. The third kappa shape index (κ3) is 4.52. The van der Waals surface area contributed by atoms with Crippen LogP contribution in [0.15, 0.2) is 42.9 Å². The molecule has 0 bridgehead atoms. The van der Waals surface area contributed by atoms with Gasteiger partial charge in [-0.1, -0.05) is 6.07 Å². The Hall–Kier alpha value is -3.43. The molecule has 31 heavy (non-hydrogen) atoms. The summed E-state index contributed by atoms with van der Waals surface area (Å²) in [6.45, 7) is 1.90. The molecule has 4 heterocycles. The molecule has 1 amide bonds. The SMILES string of the molecule is Cc1ncc(N2CCC(C(F)(F)F)C2)cc1NC(=O)c1cccc(-c2cnn(C)c2)n1. The Kier molecular flexibility index (Phi) is 5.38. The highest BCUT2D eigenvalue weighted by Gasteiger charge is 2.43. The number of amides is 1. The van der Waals surface area contributed by atoms with Gasteiger partial charge in [-0.3, -0.25) is 14.5 Å². The predicted molar refractivity (Wildman–Crippen MR) is 110 cm³/mol. The standard InChI is InChI=1S/C21H21F3N6O/c1-13-19(8-16(10-25-13)30-7-6-15(12-30)21(22,23)24)28-20(31)18-5-3-4-17(27-18)14-9-26-29(2)11-14/h3-5,8-11,15H,6-7,12H2,1-2H3,(H,28,31). The molecule has 10 heteroatoms. The van der Waals surface area contributed by atoms with Crippen molar-refractivity contribution in [3.63, 3.8) is 0 Å². The minimum atomic E-state index is -4.21. The second-order valence-corrected chi connectivity index (χ2v) is 7.56. The lowest BCUT2D eigenvalue weighted by molar-refractivity contribution is -0.168. The lowest BCUT2D eigenvalue weighted by Gasteiger charge is -2.20. The van der Waals surface area contributed by atoms with Gasteiger partial charge in [-0.2, -0.15) is 18.3 Å². The van der Waals surface area contributed by atoms with Crippen LogP contribution in [0.25, 0.3) is 11.3 Å². The fourth-order valence-corrected chi connectivity index (χ4v) is 3.55. The van der Waals surface area contributed by atoms with Crippen LogP contribution in [-0.2, 0) is 7.05 Å². The summed E-state index contributed by atoms with van der Waals surface area (Å²) < 4.78 is 40.6. The molecule has 0 radical (unpaired) electrons. The summed E-state index contributed by atoms with van der Waals surface area (Å²) in [5.41, 5.74) is 3.15. The van der Waals surface area contributed by atoms with Crippen LogP contribution in [0, 0.1) is 12.8 Å². The van der Waals surface area contributed by atoms with Crippen LogP contribution in [0.1, 0.15) is 22.6 Å². The van der Waals surface area contributed by atoms with Gasteiger partial charge in [0.25, 0.3) is 5.91 Å². The number of carbonyl (C=O) groups excluding carboxylic acids is 1. The van der Waals surface area contributed by atoms with Gasteiger partial charge in [0.05, 0.1) is 41.1 Å². The number of pyridine rings is 2. The van der Waals surface area contributed by atoms with E-state index < -0.39 is 18.0 Å². The molecule has 0 saturated carbocycles. The average molecular weight is 430 g/mol. The van der Waals surface area contributed by atoms with E-state index in [0.717, 1.165) is 5.56 Å². The molecule has 3 aromatic rings. The van der Waals surface area contributed by atoms with E-state index in [1.54, 1.807) is 60.2 Å². The highest BCUT2D eigenvalue weighted by Crippen LogP contribution is 2.36. The summed E-state index contributed by atoms with van der Waals surface area (Å²) in [4.78, 5) is 23.1. The second-order valence-electron chi connectivity index (χ2n) is 7.56. The number of halogens is 3. The van der Waals surface area contributed by atoms with Crippen molar-refractivity contribution in [3.8, 4) is 11.3 Å². The summed E-state index contributed by atoms with van der Waals surface area (Å²) in [5, 5.41) is 6.89. The molecule has 1 N–H and O–H groups in total. The van der Waals surface area contributed by atoms with Crippen LogP contribution in [-0.4, -0.2) is 44.9 Å². The van der Waals surface area contributed by atoms with Gasteiger partial charge in [0.1, 0.15) is 5.69 Å². The number of hydrogen-bond acceptors (Lipinski definition) is 5. The van der Waals surface area contributed by atoms with E-state index >= 15 is 0 Å². The van der Waals surface area contributed by atoms with Gasteiger partial charge in [-0.15, -0.1) is 0 Å². The Bertz CT molecular complexity index is 1110. The number of aryl methyl sites for hydroxylation is 2. The van der Waals surface area contributed by atoms with Crippen molar-refractivity contribution in [1.82, 2.24) is 19.7 Å². The number of aromatic nitrogens is 4. The number of nitrogens with zero attached hydrogens (tertiary/aromatic N) is 5. The third-order valence-corrected chi connectivity index (χ3v) is 5.32. The minimum absolute atomic E-state index is 0.0458. The minimum Gasteiger partial charge on any atom is -0.370 e. The number of carbonyl (C=O) groups is 1. The van der Waals surface area contributed by atoms with Crippen molar-refractivity contribution in [3.05, 3.63) is 54.2 Å². The Labute approximate surface area is 176 Å². The van der Waals surface area contributed by atoms with Crippen molar-refractivity contribution in [2.75, 3.05) is 23.3 Å². The Morgan fingerprint density at radius 2 is 2.06 bits per heavy atom. The zero-order valence-corrected chi connectivity index (χ0v) is 17.0. The lowest BCUT2D eigenvalue weighted by atomic mass is 10.1. The summed E-state index contributed by atoms with van der Waals surface area (Å²) in [7, 11) is 1.79. The van der Waals surface area contributed by atoms with Gasteiger partial charge in [-0.05, 0) is 31.5 Å². The van der Waals surface area contributed by atoms with Crippen molar-refractivity contribution < 1.29 is 18.0 Å². The van der Waals surface area contributed by atoms with Crippen LogP contribution >= 0.6 is 0 Å². The first-order chi connectivity index (χ1) is 14.7. The van der Waals surface area contributed by atoms with E-state index in [1.807, 2.05) is 0 Å². The molecular formula is C21H21F3N6O. The number of alkyl halides is 3. The molecule has 1 unspecified atom stereocenters. The summed E-state index contributed by atoms with van der Waals surface area (Å²) in [6.07, 6.45) is 0.821. The maximum Gasteiger partial charge on any atom is 0.393 e. The third-order valence-electron chi connectivity index (χ3n) is 5.32. The number of rotatable bonds is 4. The summed E-state index contributed by atoms with van der Waals surface area (Å²) in [6, 6.07) is 6.76. The van der Waals surface area contributed by atoms with Gasteiger partial charge in [0.15, 0.2) is 0 Å². The molecule has 4 rings (SSSR count). The fourth-order valence-electron chi connectivity index (χ4n) is 3.55. The van der Waals surface area contributed by atoms with E-state index in [9.17, 15) is 18.0 Å². The number of nitrogens with one attached hydrogen (secondary N) is 1. The zero-order chi connectivity index (χ0) is 22.2. The molecule has 1 saturated heterocycles. The van der Waals surface area contributed by atoms with Crippen LogP contribution in [0.5, 0.6) is 0 Å². The number of anilines is 2. The quantitative estimate of drug-likeness (QED) is 0.681. The first-order valence-electron chi connectivity index (χ1n) is 9.76.